The molecular formula is C16H24N2O2. The van der Waals surface area contributed by atoms with Crippen LogP contribution in [-0.2, 0) is 4.79 Å². The second kappa shape index (κ2) is 5.83. The highest BCUT2D eigenvalue weighted by Crippen LogP contribution is 2.32. The van der Waals surface area contributed by atoms with Gasteiger partial charge in [-0.25, -0.2) is 0 Å². The van der Waals surface area contributed by atoms with Crippen LogP contribution in [-0.4, -0.2) is 32.1 Å². The Balaban J connectivity index is 2.31. The summed E-state index contributed by atoms with van der Waals surface area (Å²) in [5.41, 5.74) is 0.955. The van der Waals surface area contributed by atoms with Gasteiger partial charge >= 0.3 is 0 Å². The Labute approximate surface area is 121 Å². The number of para-hydroxylation sites is 2. The maximum Gasteiger partial charge on any atom is 0.230 e. The van der Waals surface area contributed by atoms with E-state index in [2.05, 4.69) is 26.1 Å². The lowest BCUT2D eigenvalue weighted by molar-refractivity contribution is -0.118. The summed E-state index contributed by atoms with van der Waals surface area (Å²) in [6.07, 6.45) is 0.426. The first-order valence-electron chi connectivity index (χ1n) is 7.13. The van der Waals surface area contributed by atoms with Crippen LogP contribution in [0, 0.1) is 5.41 Å². The van der Waals surface area contributed by atoms with Crippen molar-refractivity contribution in [3.8, 4) is 5.75 Å². The fourth-order valence-electron chi connectivity index (χ4n) is 2.50. The zero-order valence-electron chi connectivity index (χ0n) is 12.8. The second-order valence-corrected chi connectivity index (χ2v) is 6.28. The van der Waals surface area contributed by atoms with Crippen LogP contribution in [0.3, 0.4) is 0 Å². The van der Waals surface area contributed by atoms with Crippen LogP contribution >= 0.6 is 0 Å². The molecular weight excluding hydrogens is 252 g/mol. The Morgan fingerprint density at radius 1 is 1.35 bits per heavy atom. The Hall–Kier alpha value is -1.55. The van der Waals surface area contributed by atoms with E-state index in [0.29, 0.717) is 19.6 Å². The number of nitrogens with one attached hydrogen (secondary N) is 1. The van der Waals surface area contributed by atoms with Crippen molar-refractivity contribution in [3.63, 3.8) is 0 Å². The Morgan fingerprint density at radius 3 is 2.70 bits per heavy atom. The number of nitrogens with zero attached hydrogens (tertiary/aromatic N) is 1. The number of anilines is 1. The molecule has 0 saturated heterocycles. The van der Waals surface area contributed by atoms with Crippen molar-refractivity contribution in [2.24, 2.45) is 5.41 Å². The summed E-state index contributed by atoms with van der Waals surface area (Å²) in [4.78, 5) is 14.2. The lowest BCUT2D eigenvalue weighted by Gasteiger charge is -2.35. The van der Waals surface area contributed by atoms with Crippen LogP contribution < -0.4 is 15.0 Å². The van der Waals surface area contributed by atoms with Gasteiger partial charge in [-0.15, -0.1) is 0 Å². The van der Waals surface area contributed by atoms with Crippen LogP contribution in [0.2, 0.25) is 0 Å². The summed E-state index contributed by atoms with van der Waals surface area (Å²) < 4.78 is 5.67. The Bertz CT molecular complexity index is 480. The highest BCUT2D eigenvalue weighted by Gasteiger charge is 2.30. The maximum absolute atomic E-state index is 12.4. The molecule has 0 radical (unpaired) electrons. The van der Waals surface area contributed by atoms with Gasteiger partial charge in [-0.3, -0.25) is 4.79 Å². The molecule has 4 nitrogen and oxygen atoms in total. The molecule has 1 N–H and O–H groups in total. The Kier molecular flexibility index (Phi) is 4.33. The predicted octanol–water partition coefficient (Wildman–Crippen LogP) is 2.44. The van der Waals surface area contributed by atoms with Crippen molar-refractivity contribution in [1.29, 1.82) is 0 Å². The van der Waals surface area contributed by atoms with Crippen molar-refractivity contribution >= 4 is 11.6 Å². The molecule has 0 fully saturated rings. The van der Waals surface area contributed by atoms with Crippen LogP contribution in [0.1, 0.15) is 27.2 Å². The first-order valence-corrected chi connectivity index (χ1v) is 7.13. The van der Waals surface area contributed by atoms with E-state index in [-0.39, 0.29) is 17.4 Å². The molecule has 1 amide bonds. The second-order valence-electron chi connectivity index (χ2n) is 6.28. The van der Waals surface area contributed by atoms with Gasteiger partial charge in [0.05, 0.1) is 18.7 Å². The highest BCUT2D eigenvalue weighted by molar-refractivity contribution is 5.95. The molecule has 1 unspecified atom stereocenters. The smallest absolute Gasteiger partial charge is 0.230 e. The molecule has 0 bridgehead atoms. The number of carbonyl (C=O) groups is 1. The van der Waals surface area contributed by atoms with E-state index in [1.165, 1.54) is 0 Å². The Morgan fingerprint density at radius 2 is 2.05 bits per heavy atom. The quantitative estimate of drug-likeness (QED) is 0.922. The van der Waals surface area contributed by atoms with Gasteiger partial charge in [0.2, 0.25) is 5.91 Å². The van der Waals surface area contributed by atoms with E-state index in [1.54, 1.807) is 0 Å². The SMILES string of the molecule is CNC(CN1C(=O)CCOc2ccccc21)C(C)(C)C. The summed E-state index contributed by atoms with van der Waals surface area (Å²) in [6.45, 7) is 7.64. The molecule has 1 heterocycles. The summed E-state index contributed by atoms with van der Waals surface area (Å²) in [6, 6.07) is 7.98. The van der Waals surface area contributed by atoms with Crippen molar-refractivity contribution in [1.82, 2.24) is 5.32 Å². The fourth-order valence-corrected chi connectivity index (χ4v) is 2.50. The molecule has 1 aromatic rings. The molecule has 0 aromatic heterocycles. The number of amides is 1. The first-order chi connectivity index (χ1) is 9.43. The van der Waals surface area contributed by atoms with E-state index < -0.39 is 0 Å². The van der Waals surface area contributed by atoms with Gasteiger partial charge in [0.25, 0.3) is 0 Å². The third-order valence-electron chi connectivity index (χ3n) is 3.79. The van der Waals surface area contributed by atoms with Gasteiger partial charge in [-0.1, -0.05) is 32.9 Å². The van der Waals surface area contributed by atoms with E-state index in [0.717, 1.165) is 11.4 Å². The third-order valence-corrected chi connectivity index (χ3v) is 3.79. The minimum Gasteiger partial charge on any atom is -0.491 e. The fraction of sp³-hybridized carbons (Fsp3) is 0.562. The van der Waals surface area contributed by atoms with E-state index >= 15 is 0 Å². The number of benzene rings is 1. The summed E-state index contributed by atoms with van der Waals surface area (Å²) >= 11 is 0. The molecule has 4 heteroatoms. The normalized spacial score (nSPS) is 17.2. The molecule has 0 spiro atoms. The molecule has 20 heavy (non-hydrogen) atoms. The number of rotatable bonds is 3. The molecule has 0 saturated carbocycles. The number of likely N-dealkylation sites (N-methyl/N-ethyl adjacent to an activating group) is 1. The van der Waals surface area contributed by atoms with Crippen molar-refractivity contribution in [2.75, 3.05) is 25.1 Å². The number of hydrogen-bond donors (Lipinski definition) is 1. The lowest BCUT2D eigenvalue weighted by atomic mass is 9.86. The van der Waals surface area contributed by atoms with Gasteiger partial charge in [-0.05, 0) is 24.6 Å². The van der Waals surface area contributed by atoms with Gasteiger partial charge < -0.3 is 15.0 Å². The molecule has 1 aromatic carbocycles. The van der Waals surface area contributed by atoms with Crippen molar-refractivity contribution in [2.45, 2.75) is 33.2 Å². The van der Waals surface area contributed by atoms with Crippen LogP contribution in [0.5, 0.6) is 5.75 Å². The minimum atomic E-state index is 0.0805. The molecule has 0 aliphatic carbocycles. The molecule has 1 aliphatic heterocycles. The molecule has 1 aliphatic rings. The van der Waals surface area contributed by atoms with Crippen molar-refractivity contribution < 1.29 is 9.53 Å². The summed E-state index contributed by atoms with van der Waals surface area (Å²) in [5, 5.41) is 3.33. The van der Waals surface area contributed by atoms with E-state index in [4.69, 9.17) is 4.74 Å². The number of fused-ring (bicyclic) bond motifs is 1. The predicted molar refractivity (Wildman–Crippen MR) is 81.2 cm³/mol. The van der Waals surface area contributed by atoms with Gasteiger partial charge in [0.15, 0.2) is 0 Å². The topological polar surface area (TPSA) is 41.6 Å². The van der Waals surface area contributed by atoms with Crippen molar-refractivity contribution in [3.05, 3.63) is 24.3 Å². The average Bonchev–Trinajstić information content (AvgIpc) is 2.54. The molecule has 1 atom stereocenters. The number of hydrogen-bond acceptors (Lipinski definition) is 3. The van der Waals surface area contributed by atoms with E-state index in [9.17, 15) is 4.79 Å². The summed E-state index contributed by atoms with van der Waals surface area (Å²) in [7, 11) is 1.95. The van der Waals surface area contributed by atoms with Crippen LogP contribution in [0.4, 0.5) is 5.69 Å². The van der Waals surface area contributed by atoms with Crippen LogP contribution in [0.25, 0.3) is 0 Å². The zero-order chi connectivity index (χ0) is 14.8. The largest absolute Gasteiger partial charge is 0.491 e. The first kappa shape index (κ1) is 14.9. The standard InChI is InChI=1S/C16H24N2O2/c1-16(2,3)14(17-4)11-18-12-7-5-6-8-13(12)20-10-9-15(18)19/h5-8,14,17H,9-11H2,1-4H3. The average molecular weight is 276 g/mol. The van der Waals surface area contributed by atoms with E-state index in [1.807, 2.05) is 36.2 Å². The lowest BCUT2D eigenvalue weighted by Crippen LogP contribution is -2.49. The zero-order valence-corrected chi connectivity index (χ0v) is 12.8. The monoisotopic (exact) mass is 276 g/mol. The molecule has 2 rings (SSSR count). The summed E-state index contributed by atoms with van der Waals surface area (Å²) in [5.74, 6) is 0.918. The minimum absolute atomic E-state index is 0.0805. The van der Waals surface area contributed by atoms with Gasteiger partial charge in [0.1, 0.15) is 5.75 Å². The maximum atomic E-state index is 12.4. The van der Waals surface area contributed by atoms with Gasteiger partial charge in [0, 0.05) is 12.6 Å². The number of ether oxygens (including phenoxy) is 1. The highest BCUT2D eigenvalue weighted by atomic mass is 16.5. The third kappa shape index (κ3) is 3.12. The van der Waals surface area contributed by atoms with Crippen LogP contribution in [0.15, 0.2) is 24.3 Å². The number of carbonyl (C=O) groups excluding carboxylic acids is 1. The molecule has 110 valence electrons. The van der Waals surface area contributed by atoms with Gasteiger partial charge in [-0.2, -0.15) is 0 Å².